The summed E-state index contributed by atoms with van der Waals surface area (Å²) in [5.41, 5.74) is 0.775. The van der Waals surface area contributed by atoms with E-state index in [1.54, 1.807) is 36.1 Å². The maximum Gasteiger partial charge on any atom is 0.267 e. The number of rotatable bonds is 10. The summed E-state index contributed by atoms with van der Waals surface area (Å²) < 4.78 is 13.5. The number of hydrogen-bond donors (Lipinski definition) is 2. The van der Waals surface area contributed by atoms with Crippen molar-refractivity contribution in [2.24, 2.45) is 0 Å². The summed E-state index contributed by atoms with van der Waals surface area (Å²) in [6, 6.07) is 6.76. The molecule has 0 aliphatic heterocycles. The van der Waals surface area contributed by atoms with Gasteiger partial charge in [0, 0.05) is 46.2 Å². The molecule has 3 aromatic rings. The van der Waals surface area contributed by atoms with Crippen LogP contribution in [0.5, 0.6) is 0 Å². The largest absolute Gasteiger partial charge is 0.385 e. The molecule has 0 fully saturated rings. The second-order valence-corrected chi connectivity index (χ2v) is 6.79. The molecule has 0 radical (unpaired) electrons. The first kappa shape index (κ1) is 21.7. The van der Waals surface area contributed by atoms with Crippen LogP contribution >= 0.6 is 0 Å². The quantitative estimate of drug-likeness (QED) is 0.385. The molecule has 0 aliphatic rings. The van der Waals surface area contributed by atoms with Gasteiger partial charge in [0.2, 0.25) is 0 Å². The van der Waals surface area contributed by atoms with Crippen LogP contribution in [0.15, 0.2) is 35.3 Å². The van der Waals surface area contributed by atoms with Crippen molar-refractivity contribution in [1.82, 2.24) is 19.3 Å². The summed E-state index contributed by atoms with van der Waals surface area (Å²) in [7, 11) is 1.60. The average Bonchev–Trinajstić information content (AvgIpc) is 2.75. The molecular formula is C21H27N5O4. The van der Waals surface area contributed by atoms with Crippen molar-refractivity contribution in [2.75, 3.05) is 33.5 Å². The predicted molar refractivity (Wildman–Crippen MR) is 113 cm³/mol. The van der Waals surface area contributed by atoms with Crippen LogP contribution in [0.4, 0.5) is 0 Å². The first-order valence-corrected chi connectivity index (χ1v) is 10.0. The van der Waals surface area contributed by atoms with Crippen LogP contribution in [0.1, 0.15) is 30.1 Å². The molecule has 0 unspecified atom stereocenters. The predicted octanol–water partition coefficient (Wildman–Crippen LogP) is 1.32. The van der Waals surface area contributed by atoms with E-state index in [-0.39, 0.29) is 16.6 Å². The number of pyridine rings is 2. The van der Waals surface area contributed by atoms with Crippen LogP contribution in [0, 0.1) is 5.41 Å². The highest BCUT2D eigenvalue weighted by atomic mass is 16.5. The first-order valence-electron chi connectivity index (χ1n) is 10.0. The van der Waals surface area contributed by atoms with Crippen molar-refractivity contribution in [3.8, 4) is 0 Å². The monoisotopic (exact) mass is 413 g/mol. The number of fused-ring (bicyclic) bond motifs is 2. The molecule has 0 aliphatic carbocycles. The molecule has 9 nitrogen and oxygen atoms in total. The highest BCUT2D eigenvalue weighted by Gasteiger charge is 2.17. The minimum atomic E-state index is -0.394. The molecule has 3 aromatic heterocycles. The van der Waals surface area contributed by atoms with Crippen molar-refractivity contribution < 1.29 is 14.3 Å². The molecule has 0 spiro atoms. The van der Waals surface area contributed by atoms with E-state index in [9.17, 15) is 9.59 Å². The molecule has 0 bridgehead atoms. The molecule has 9 heteroatoms. The van der Waals surface area contributed by atoms with Crippen LogP contribution < -0.4 is 16.4 Å². The Labute approximate surface area is 173 Å². The third-order valence-electron chi connectivity index (χ3n) is 4.75. The van der Waals surface area contributed by atoms with Gasteiger partial charge in [-0.05, 0) is 38.0 Å². The van der Waals surface area contributed by atoms with E-state index in [1.165, 1.54) is 10.5 Å². The zero-order valence-corrected chi connectivity index (χ0v) is 17.3. The van der Waals surface area contributed by atoms with Gasteiger partial charge in [0.1, 0.15) is 16.8 Å². The van der Waals surface area contributed by atoms with E-state index in [0.717, 1.165) is 0 Å². The second-order valence-electron chi connectivity index (χ2n) is 6.79. The van der Waals surface area contributed by atoms with E-state index >= 15 is 0 Å². The molecule has 0 atom stereocenters. The van der Waals surface area contributed by atoms with Gasteiger partial charge in [0.05, 0.1) is 10.9 Å². The maximum atomic E-state index is 13.1. The Morgan fingerprint density at radius 3 is 2.87 bits per heavy atom. The summed E-state index contributed by atoms with van der Waals surface area (Å²) in [6.45, 7) is 4.40. The van der Waals surface area contributed by atoms with Crippen molar-refractivity contribution in [2.45, 2.75) is 26.3 Å². The number of methoxy groups -OCH3 is 1. The molecule has 30 heavy (non-hydrogen) atoms. The Bertz CT molecular complexity index is 1150. The Hall–Kier alpha value is -3.04. The van der Waals surface area contributed by atoms with E-state index in [1.807, 2.05) is 6.92 Å². The van der Waals surface area contributed by atoms with E-state index in [2.05, 4.69) is 10.3 Å². The number of nitrogens with one attached hydrogen (secondary N) is 2. The SMILES string of the molecule is CCOCCCn1c(=N)c(C(=O)NCCCOC)cc2c(=O)n3ccccc3nc21. The molecule has 0 saturated carbocycles. The van der Waals surface area contributed by atoms with Gasteiger partial charge >= 0.3 is 0 Å². The zero-order chi connectivity index (χ0) is 21.5. The standard InChI is InChI=1S/C21H27N5O4/c1-3-30-13-7-11-26-18(22)15(20(27)23-9-6-12-29-2)14-16-19(26)24-17-8-4-5-10-25(17)21(16)28/h4-5,8,10,14,22H,3,6-7,9,11-13H2,1-2H3,(H,23,27). The number of hydrogen-bond acceptors (Lipinski definition) is 6. The van der Waals surface area contributed by atoms with Crippen molar-refractivity contribution >= 4 is 22.6 Å². The van der Waals surface area contributed by atoms with Gasteiger partial charge in [0.25, 0.3) is 11.5 Å². The molecule has 160 valence electrons. The molecule has 2 N–H and O–H groups in total. The minimum Gasteiger partial charge on any atom is -0.385 e. The van der Waals surface area contributed by atoms with Crippen LogP contribution in [0.3, 0.4) is 0 Å². The van der Waals surface area contributed by atoms with E-state index in [4.69, 9.17) is 14.9 Å². The molecule has 0 aromatic carbocycles. The highest BCUT2D eigenvalue weighted by molar-refractivity contribution is 5.96. The van der Waals surface area contributed by atoms with Gasteiger partial charge in [-0.2, -0.15) is 0 Å². The molecular weight excluding hydrogens is 386 g/mol. The van der Waals surface area contributed by atoms with Gasteiger partial charge in [-0.3, -0.25) is 19.4 Å². The lowest BCUT2D eigenvalue weighted by atomic mass is 10.2. The summed E-state index contributed by atoms with van der Waals surface area (Å²) in [5, 5.41) is 11.7. The topological polar surface area (TPSA) is 111 Å². The Morgan fingerprint density at radius 2 is 2.10 bits per heavy atom. The van der Waals surface area contributed by atoms with Gasteiger partial charge in [-0.1, -0.05) is 6.07 Å². The number of aromatic nitrogens is 3. The van der Waals surface area contributed by atoms with Crippen molar-refractivity contribution in [3.63, 3.8) is 0 Å². The number of nitrogens with zero attached hydrogens (tertiary/aromatic N) is 3. The highest BCUT2D eigenvalue weighted by Crippen LogP contribution is 2.11. The first-order chi connectivity index (χ1) is 14.6. The Balaban J connectivity index is 2.10. The summed E-state index contributed by atoms with van der Waals surface area (Å²) in [5.74, 6) is -0.394. The molecule has 3 heterocycles. The van der Waals surface area contributed by atoms with Crippen molar-refractivity contribution in [1.29, 1.82) is 5.41 Å². The lowest BCUT2D eigenvalue weighted by molar-refractivity contribution is 0.0946. The normalized spacial score (nSPS) is 11.3. The Morgan fingerprint density at radius 1 is 1.27 bits per heavy atom. The van der Waals surface area contributed by atoms with Gasteiger partial charge in [-0.15, -0.1) is 0 Å². The third-order valence-corrected chi connectivity index (χ3v) is 4.75. The van der Waals surface area contributed by atoms with Crippen molar-refractivity contribution in [3.05, 3.63) is 51.9 Å². The second kappa shape index (κ2) is 10.1. The molecule has 3 rings (SSSR count). The van der Waals surface area contributed by atoms with Crippen LogP contribution in [0.2, 0.25) is 0 Å². The lowest BCUT2D eigenvalue weighted by Gasteiger charge is -2.15. The van der Waals surface area contributed by atoms with Gasteiger partial charge in [0.15, 0.2) is 0 Å². The van der Waals surface area contributed by atoms with Gasteiger partial charge in [-0.25, -0.2) is 4.98 Å². The number of aryl methyl sites for hydroxylation is 1. The lowest BCUT2D eigenvalue weighted by Crippen LogP contribution is -2.35. The fraction of sp³-hybridized carbons (Fsp3) is 0.429. The fourth-order valence-corrected chi connectivity index (χ4v) is 3.26. The maximum absolute atomic E-state index is 13.1. The zero-order valence-electron chi connectivity index (χ0n) is 17.3. The number of amides is 1. The number of carbonyl (C=O) groups excluding carboxylic acids is 1. The average molecular weight is 413 g/mol. The third kappa shape index (κ3) is 4.58. The number of carbonyl (C=O) groups is 1. The number of ether oxygens (including phenoxy) is 2. The minimum absolute atomic E-state index is 0.0235. The smallest absolute Gasteiger partial charge is 0.267 e. The van der Waals surface area contributed by atoms with Crippen LogP contribution in [-0.2, 0) is 16.0 Å². The van der Waals surface area contributed by atoms with Crippen LogP contribution in [0.25, 0.3) is 16.7 Å². The Kier molecular flexibility index (Phi) is 7.31. The van der Waals surface area contributed by atoms with E-state index < -0.39 is 5.91 Å². The van der Waals surface area contributed by atoms with Gasteiger partial charge < -0.3 is 19.4 Å². The fourth-order valence-electron chi connectivity index (χ4n) is 3.26. The summed E-state index contributed by atoms with van der Waals surface area (Å²) in [4.78, 5) is 30.4. The molecule has 1 amide bonds. The van der Waals surface area contributed by atoms with E-state index in [0.29, 0.717) is 62.4 Å². The van der Waals surface area contributed by atoms with Crippen LogP contribution in [-0.4, -0.2) is 53.3 Å². The summed E-state index contributed by atoms with van der Waals surface area (Å²) >= 11 is 0. The molecule has 0 saturated heterocycles. The summed E-state index contributed by atoms with van der Waals surface area (Å²) in [6.07, 6.45) is 2.93.